The number of hydrogen-bond donors (Lipinski definition) is 1. The molecule has 1 saturated heterocycles. The standard InChI is InChI=1S/C14H17BrN2O3/c1-9-8-19-11(7-18)5-17(9)6-14-16-12-3-2-10(15)4-13(12)20-14/h2-4,9,11,18H,5-8H2,1H3/t9-,11+/m0/s1. The fraction of sp³-hybridized carbons (Fsp3) is 0.500. The minimum Gasteiger partial charge on any atom is -0.439 e. The molecule has 0 bridgehead atoms. The van der Waals surface area contributed by atoms with Gasteiger partial charge in [0.1, 0.15) is 5.52 Å². The summed E-state index contributed by atoms with van der Waals surface area (Å²) >= 11 is 3.42. The number of fused-ring (bicyclic) bond motifs is 1. The number of aliphatic hydroxyl groups is 1. The molecule has 0 radical (unpaired) electrons. The molecule has 2 heterocycles. The largest absolute Gasteiger partial charge is 0.439 e. The molecule has 0 amide bonds. The summed E-state index contributed by atoms with van der Waals surface area (Å²) in [6, 6.07) is 6.10. The van der Waals surface area contributed by atoms with E-state index in [0.717, 1.165) is 15.6 Å². The molecule has 5 nitrogen and oxygen atoms in total. The molecule has 20 heavy (non-hydrogen) atoms. The zero-order chi connectivity index (χ0) is 14.1. The maximum Gasteiger partial charge on any atom is 0.209 e. The molecule has 2 aromatic rings. The van der Waals surface area contributed by atoms with Crippen molar-refractivity contribution in [1.82, 2.24) is 9.88 Å². The van der Waals surface area contributed by atoms with Crippen LogP contribution in [0.15, 0.2) is 27.1 Å². The maximum absolute atomic E-state index is 9.21. The normalized spacial score (nSPS) is 24.4. The van der Waals surface area contributed by atoms with Crippen molar-refractivity contribution >= 4 is 27.0 Å². The van der Waals surface area contributed by atoms with Gasteiger partial charge < -0.3 is 14.3 Å². The second-order valence-corrected chi connectivity index (χ2v) is 6.05. The van der Waals surface area contributed by atoms with Crippen LogP contribution in [0, 0.1) is 0 Å². The Morgan fingerprint density at radius 2 is 2.35 bits per heavy atom. The van der Waals surface area contributed by atoms with Gasteiger partial charge in [-0.25, -0.2) is 4.98 Å². The number of ether oxygens (including phenoxy) is 1. The predicted molar refractivity (Wildman–Crippen MR) is 78.4 cm³/mol. The second kappa shape index (κ2) is 5.81. The summed E-state index contributed by atoms with van der Waals surface area (Å²) < 4.78 is 12.3. The summed E-state index contributed by atoms with van der Waals surface area (Å²) in [6.07, 6.45) is -0.121. The van der Waals surface area contributed by atoms with Crippen molar-refractivity contribution in [3.8, 4) is 0 Å². The maximum atomic E-state index is 9.21. The lowest BCUT2D eigenvalue weighted by Crippen LogP contribution is -2.48. The van der Waals surface area contributed by atoms with E-state index in [-0.39, 0.29) is 12.7 Å². The van der Waals surface area contributed by atoms with Gasteiger partial charge in [0.25, 0.3) is 0 Å². The lowest BCUT2D eigenvalue weighted by molar-refractivity contribution is -0.0823. The van der Waals surface area contributed by atoms with Gasteiger partial charge in [0.2, 0.25) is 5.89 Å². The third kappa shape index (κ3) is 2.88. The molecule has 3 rings (SSSR count). The molecule has 0 aliphatic carbocycles. The van der Waals surface area contributed by atoms with Gasteiger partial charge in [-0.3, -0.25) is 4.90 Å². The first-order valence-corrected chi connectivity index (χ1v) is 7.46. The fourth-order valence-electron chi connectivity index (χ4n) is 2.39. The van der Waals surface area contributed by atoms with Crippen LogP contribution in [0.1, 0.15) is 12.8 Å². The smallest absolute Gasteiger partial charge is 0.209 e. The summed E-state index contributed by atoms with van der Waals surface area (Å²) in [7, 11) is 0. The lowest BCUT2D eigenvalue weighted by atomic mass is 10.2. The molecule has 2 atom stereocenters. The van der Waals surface area contributed by atoms with Crippen molar-refractivity contribution in [3.63, 3.8) is 0 Å². The zero-order valence-corrected chi connectivity index (χ0v) is 12.8. The highest BCUT2D eigenvalue weighted by Crippen LogP contribution is 2.22. The molecule has 1 fully saturated rings. The van der Waals surface area contributed by atoms with Crippen molar-refractivity contribution < 1.29 is 14.3 Å². The molecular weight excluding hydrogens is 324 g/mol. The molecule has 0 unspecified atom stereocenters. The van der Waals surface area contributed by atoms with Gasteiger partial charge in [-0.15, -0.1) is 0 Å². The van der Waals surface area contributed by atoms with Crippen molar-refractivity contribution in [3.05, 3.63) is 28.6 Å². The molecule has 6 heteroatoms. The third-order valence-corrected chi connectivity index (χ3v) is 4.06. The van der Waals surface area contributed by atoms with Crippen LogP contribution in [-0.4, -0.2) is 46.9 Å². The zero-order valence-electron chi connectivity index (χ0n) is 11.3. The topological polar surface area (TPSA) is 58.7 Å². The first kappa shape index (κ1) is 14.0. The number of rotatable bonds is 3. The third-order valence-electron chi connectivity index (χ3n) is 3.57. The minimum atomic E-state index is -0.121. The Morgan fingerprint density at radius 3 is 3.15 bits per heavy atom. The molecule has 1 aliphatic heterocycles. The summed E-state index contributed by atoms with van der Waals surface area (Å²) in [5.41, 5.74) is 1.65. The Kier molecular flexibility index (Phi) is 4.07. The Hall–Kier alpha value is -0.950. The second-order valence-electron chi connectivity index (χ2n) is 5.14. The SMILES string of the molecule is C[C@H]1CO[C@@H](CO)CN1Cc1nc2ccc(Br)cc2o1. The van der Waals surface area contributed by atoms with Crippen molar-refractivity contribution in [1.29, 1.82) is 0 Å². The first-order valence-electron chi connectivity index (χ1n) is 6.67. The van der Waals surface area contributed by atoms with Gasteiger partial charge in [0.15, 0.2) is 5.58 Å². The lowest BCUT2D eigenvalue weighted by Gasteiger charge is -2.36. The quantitative estimate of drug-likeness (QED) is 0.927. The Bertz CT molecular complexity index is 601. The Balaban J connectivity index is 1.77. The van der Waals surface area contributed by atoms with Gasteiger partial charge in [0, 0.05) is 17.1 Å². The van der Waals surface area contributed by atoms with E-state index in [4.69, 9.17) is 9.15 Å². The van der Waals surface area contributed by atoms with Gasteiger partial charge in [-0.2, -0.15) is 0 Å². The Labute approximate surface area is 125 Å². The van der Waals surface area contributed by atoms with E-state index in [9.17, 15) is 5.11 Å². The fourth-order valence-corrected chi connectivity index (χ4v) is 2.73. The van der Waals surface area contributed by atoms with Crippen LogP contribution in [0.2, 0.25) is 0 Å². The number of benzene rings is 1. The average Bonchev–Trinajstić information content (AvgIpc) is 2.82. The number of oxazole rings is 1. The van der Waals surface area contributed by atoms with E-state index in [1.54, 1.807) is 0 Å². The van der Waals surface area contributed by atoms with E-state index in [2.05, 4.69) is 32.7 Å². The van der Waals surface area contributed by atoms with Crippen LogP contribution in [0.5, 0.6) is 0 Å². The summed E-state index contributed by atoms with van der Waals surface area (Å²) in [5, 5.41) is 9.21. The Morgan fingerprint density at radius 1 is 1.50 bits per heavy atom. The number of nitrogens with zero attached hydrogens (tertiary/aromatic N) is 2. The molecule has 1 aromatic carbocycles. The van der Waals surface area contributed by atoms with E-state index >= 15 is 0 Å². The number of morpholine rings is 1. The summed E-state index contributed by atoms with van der Waals surface area (Å²) in [6.45, 7) is 4.10. The van der Waals surface area contributed by atoms with E-state index < -0.39 is 0 Å². The first-order chi connectivity index (χ1) is 9.65. The van der Waals surface area contributed by atoms with Crippen LogP contribution in [0.4, 0.5) is 0 Å². The molecule has 1 aliphatic rings. The van der Waals surface area contributed by atoms with Crippen LogP contribution < -0.4 is 0 Å². The number of halogens is 1. The van der Waals surface area contributed by atoms with E-state index in [1.807, 2.05) is 18.2 Å². The van der Waals surface area contributed by atoms with Gasteiger partial charge in [-0.1, -0.05) is 15.9 Å². The van der Waals surface area contributed by atoms with Crippen LogP contribution in [-0.2, 0) is 11.3 Å². The highest BCUT2D eigenvalue weighted by atomic mass is 79.9. The van der Waals surface area contributed by atoms with E-state index in [0.29, 0.717) is 31.6 Å². The van der Waals surface area contributed by atoms with Crippen molar-refractivity contribution in [2.24, 2.45) is 0 Å². The number of aromatic nitrogens is 1. The molecular formula is C14H17BrN2O3. The van der Waals surface area contributed by atoms with Gasteiger partial charge >= 0.3 is 0 Å². The number of aliphatic hydroxyl groups excluding tert-OH is 1. The average molecular weight is 341 g/mol. The van der Waals surface area contributed by atoms with Crippen LogP contribution in [0.25, 0.3) is 11.1 Å². The molecule has 108 valence electrons. The monoisotopic (exact) mass is 340 g/mol. The van der Waals surface area contributed by atoms with Crippen LogP contribution in [0.3, 0.4) is 0 Å². The number of hydrogen-bond acceptors (Lipinski definition) is 5. The van der Waals surface area contributed by atoms with Crippen molar-refractivity contribution in [2.45, 2.75) is 25.6 Å². The van der Waals surface area contributed by atoms with Crippen LogP contribution >= 0.6 is 15.9 Å². The summed E-state index contributed by atoms with van der Waals surface area (Å²) in [4.78, 5) is 6.73. The van der Waals surface area contributed by atoms with Crippen molar-refractivity contribution in [2.75, 3.05) is 19.8 Å². The van der Waals surface area contributed by atoms with Gasteiger partial charge in [-0.05, 0) is 25.1 Å². The highest BCUT2D eigenvalue weighted by Gasteiger charge is 2.26. The minimum absolute atomic E-state index is 0.0454. The highest BCUT2D eigenvalue weighted by molar-refractivity contribution is 9.10. The summed E-state index contributed by atoms with van der Waals surface area (Å²) in [5.74, 6) is 0.698. The molecule has 1 N–H and O–H groups in total. The predicted octanol–water partition coefficient (Wildman–Crippen LogP) is 2.17. The molecule has 0 saturated carbocycles. The molecule has 1 aromatic heterocycles. The molecule has 0 spiro atoms. The van der Waals surface area contributed by atoms with E-state index in [1.165, 1.54) is 0 Å². The van der Waals surface area contributed by atoms with Gasteiger partial charge in [0.05, 0.1) is 25.9 Å².